The van der Waals surface area contributed by atoms with Crippen molar-refractivity contribution in [3.63, 3.8) is 0 Å². The smallest absolute Gasteiger partial charge is 0.303 e. The van der Waals surface area contributed by atoms with Gasteiger partial charge in [0.05, 0.1) is 24.2 Å². The quantitative estimate of drug-likeness (QED) is 0.425. The van der Waals surface area contributed by atoms with E-state index in [4.69, 9.17) is 14.2 Å². The number of esters is 2. The van der Waals surface area contributed by atoms with Crippen molar-refractivity contribution >= 4 is 11.9 Å². The maximum Gasteiger partial charge on any atom is 0.303 e. The Balaban J connectivity index is 1.81. The van der Waals surface area contributed by atoms with Gasteiger partial charge in [-0.1, -0.05) is 26.8 Å². The van der Waals surface area contributed by atoms with Crippen molar-refractivity contribution in [3.8, 4) is 0 Å². The fraction of sp³-hybridized carbons (Fsp3) is 0.833. The third-order valence-corrected chi connectivity index (χ3v) is 9.55. The Morgan fingerprint density at radius 1 is 1.09 bits per heavy atom. The summed E-state index contributed by atoms with van der Waals surface area (Å²) < 4.78 is 17.8. The van der Waals surface area contributed by atoms with Crippen molar-refractivity contribution in [1.82, 2.24) is 0 Å². The summed E-state index contributed by atoms with van der Waals surface area (Å²) in [4.78, 5) is 24.3. The topological polar surface area (TPSA) is 123 Å². The summed E-state index contributed by atoms with van der Waals surface area (Å²) in [5.74, 6) is -4.61. The van der Waals surface area contributed by atoms with Crippen molar-refractivity contribution in [1.29, 1.82) is 0 Å². The zero-order valence-corrected chi connectivity index (χ0v) is 19.2. The zero-order chi connectivity index (χ0) is 23.4. The fourth-order valence-corrected chi connectivity index (χ4v) is 8.87. The molecule has 6 fully saturated rings. The van der Waals surface area contributed by atoms with E-state index in [2.05, 4.69) is 20.4 Å². The largest absolute Gasteiger partial charge is 0.462 e. The molecule has 0 radical (unpaired) electrons. The molecule has 2 saturated heterocycles. The van der Waals surface area contributed by atoms with Gasteiger partial charge in [-0.2, -0.15) is 0 Å². The SMILES string of the molecule is C=C1[C@@H](O)[C@]23[C@H](O)[C@H]1C[C@H](OC(C)=O)[C@H]2[C@]12CCCC(C)(C)[C@H]1[C@H](OC(C)=O)[C@@]3(O)OC2. The van der Waals surface area contributed by atoms with Crippen LogP contribution in [0, 0.1) is 34.0 Å². The Morgan fingerprint density at radius 2 is 1.75 bits per heavy atom. The normalized spacial score (nSPS) is 52.7. The summed E-state index contributed by atoms with van der Waals surface area (Å²) >= 11 is 0. The van der Waals surface area contributed by atoms with Crippen LogP contribution in [-0.2, 0) is 23.8 Å². The number of aliphatic hydroxyl groups is 3. The summed E-state index contributed by atoms with van der Waals surface area (Å²) in [5, 5.41) is 35.4. The first-order valence-corrected chi connectivity index (χ1v) is 11.6. The molecule has 0 amide bonds. The molecule has 4 aliphatic carbocycles. The van der Waals surface area contributed by atoms with E-state index in [9.17, 15) is 24.9 Å². The van der Waals surface area contributed by atoms with Gasteiger partial charge in [0.1, 0.15) is 6.10 Å². The minimum atomic E-state index is -2.15. The Bertz CT molecular complexity index is 883. The van der Waals surface area contributed by atoms with Crippen molar-refractivity contribution in [2.75, 3.05) is 6.61 Å². The fourth-order valence-electron chi connectivity index (χ4n) is 8.87. The lowest BCUT2D eigenvalue weighted by Gasteiger charge is -2.75. The molecular formula is C24H34O8. The third-order valence-electron chi connectivity index (χ3n) is 9.55. The minimum Gasteiger partial charge on any atom is -0.462 e. The third kappa shape index (κ3) is 2.32. The van der Waals surface area contributed by atoms with Gasteiger partial charge >= 0.3 is 11.9 Å². The number of aliphatic hydroxyl groups excluding tert-OH is 2. The lowest BCUT2D eigenvalue weighted by Crippen LogP contribution is -2.86. The molecule has 6 rings (SSSR count). The maximum absolute atomic E-state index is 12.3. The van der Waals surface area contributed by atoms with Crippen molar-refractivity contribution < 1.29 is 39.1 Å². The Morgan fingerprint density at radius 3 is 2.38 bits per heavy atom. The average molecular weight is 451 g/mol. The lowest BCUT2D eigenvalue weighted by molar-refractivity contribution is -0.474. The Hall–Kier alpha value is -1.48. The molecule has 8 nitrogen and oxygen atoms in total. The molecule has 6 aliphatic rings. The van der Waals surface area contributed by atoms with Gasteiger partial charge in [-0.25, -0.2) is 0 Å². The molecule has 10 atom stereocenters. The highest BCUT2D eigenvalue weighted by Crippen LogP contribution is 2.78. The van der Waals surface area contributed by atoms with Crippen LogP contribution in [0.1, 0.15) is 53.4 Å². The van der Waals surface area contributed by atoms with Gasteiger partial charge in [-0.05, 0) is 30.3 Å². The van der Waals surface area contributed by atoms with Gasteiger partial charge < -0.3 is 29.5 Å². The molecule has 0 aromatic heterocycles. The van der Waals surface area contributed by atoms with E-state index in [1.165, 1.54) is 13.8 Å². The van der Waals surface area contributed by atoms with Crippen molar-refractivity contribution in [2.24, 2.45) is 34.0 Å². The van der Waals surface area contributed by atoms with E-state index in [0.29, 0.717) is 18.4 Å². The highest BCUT2D eigenvalue weighted by Gasteiger charge is 2.88. The highest BCUT2D eigenvalue weighted by atomic mass is 16.7. The standard InChI is InChI=1S/C24H34O8/c1-11-14-9-15(31-12(2)25)16-22-8-6-7-21(4,5)17(22)20(32-13(3)26)24(29,30-10-22)23(16,18(11)27)19(14)28/h14-20,27-29H,1,6-10H2,2-5H3/t14-,15-,16-,17+,18+,19+,20-,22+,23-,24+/m0/s1. The maximum atomic E-state index is 12.3. The van der Waals surface area contributed by atoms with Crippen LogP contribution in [0.25, 0.3) is 0 Å². The van der Waals surface area contributed by atoms with Crippen LogP contribution >= 0.6 is 0 Å². The first-order chi connectivity index (χ1) is 14.8. The average Bonchev–Trinajstić information content (AvgIpc) is 2.78. The molecule has 0 aromatic carbocycles. The lowest BCUT2D eigenvalue weighted by atomic mass is 9.35. The van der Waals surface area contributed by atoms with Crippen molar-refractivity contribution in [3.05, 3.63) is 12.2 Å². The molecule has 3 N–H and O–H groups in total. The van der Waals surface area contributed by atoms with E-state index >= 15 is 0 Å². The van der Waals surface area contributed by atoms with Crippen LogP contribution in [0.2, 0.25) is 0 Å². The van der Waals surface area contributed by atoms with E-state index < -0.39 is 64.8 Å². The van der Waals surface area contributed by atoms with Gasteiger partial charge in [0, 0.05) is 37.0 Å². The molecule has 32 heavy (non-hydrogen) atoms. The number of hydrogen-bond acceptors (Lipinski definition) is 8. The molecule has 2 heterocycles. The summed E-state index contributed by atoms with van der Waals surface area (Å²) in [6.45, 7) is 11.0. The van der Waals surface area contributed by atoms with Gasteiger partial charge in [0.2, 0.25) is 5.79 Å². The Labute approximate surface area is 187 Å². The molecule has 178 valence electrons. The Kier molecular flexibility index (Phi) is 4.57. The predicted molar refractivity (Wildman–Crippen MR) is 111 cm³/mol. The highest BCUT2D eigenvalue weighted by molar-refractivity contribution is 5.67. The van der Waals surface area contributed by atoms with Gasteiger partial charge in [-0.15, -0.1) is 0 Å². The van der Waals surface area contributed by atoms with E-state index in [1.807, 2.05) is 0 Å². The van der Waals surface area contributed by atoms with Gasteiger partial charge in [-0.3, -0.25) is 9.59 Å². The van der Waals surface area contributed by atoms with Crippen LogP contribution in [0.5, 0.6) is 0 Å². The van der Waals surface area contributed by atoms with Gasteiger partial charge in [0.15, 0.2) is 6.10 Å². The molecule has 2 aliphatic heterocycles. The van der Waals surface area contributed by atoms with Gasteiger partial charge in [0.25, 0.3) is 0 Å². The van der Waals surface area contributed by atoms with Crippen LogP contribution in [-0.4, -0.2) is 64.1 Å². The number of rotatable bonds is 2. The number of fused-ring (bicyclic) bond motifs is 2. The summed E-state index contributed by atoms with van der Waals surface area (Å²) in [5.41, 5.74) is -2.20. The van der Waals surface area contributed by atoms with Crippen LogP contribution in [0.4, 0.5) is 0 Å². The molecular weight excluding hydrogens is 416 g/mol. The first-order valence-electron chi connectivity index (χ1n) is 11.6. The number of ether oxygens (including phenoxy) is 3. The molecule has 8 heteroatoms. The predicted octanol–water partition coefficient (Wildman–Crippen LogP) is 1.31. The number of carbonyl (C=O) groups is 2. The second-order valence-corrected chi connectivity index (χ2v) is 11.4. The molecule has 4 saturated carbocycles. The molecule has 0 aromatic rings. The van der Waals surface area contributed by atoms with Crippen LogP contribution in [0.15, 0.2) is 12.2 Å². The minimum absolute atomic E-state index is 0.177. The van der Waals surface area contributed by atoms with E-state index in [1.54, 1.807) is 0 Å². The molecule has 2 spiro atoms. The van der Waals surface area contributed by atoms with Crippen LogP contribution in [0.3, 0.4) is 0 Å². The van der Waals surface area contributed by atoms with Crippen molar-refractivity contribution in [2.45, 2.75) is 83.6 Å². The van der Waals surface area contributed by atoms with E-state index in [0.717, 1.165) is 12.8 Å². The number of carbonyl (C=O) groups excluding carboxylic acids is 2. The molecule has 0 unspecified atom stereocenters. The summed E-state index contributed by atoms with van der Waals surface area (Å²) in [7, 11) is 0. The van der Waals surface area contributed by atoms with Crippen LogP contribution < -0.4 is 0 Å². The first kappa shape index (κ1) is 22.3. The van der Waals surface area contributed by atoms with E-state index in [-0.39, 0.29) is 17.9 Å². The number of hydrogen-bond donors (Lipinski definition) is 3. The summed E-state index contributed by atoms with van der Waals surface area (Å²) in [6.07, 6.45) is -1.42. The summed E-state index contributed by atoms with van der Waals surface area (Å²) in [6, 6.07) is 0. The molecule has 4 bridgehead atoms. The monoisotopic (exact) mass is 450 g/mol. The second kappa shape index (κ2) is 6.56. The zero-order valence-electron chi connectivity index (χ0n) is 19.2. The second-order valence-electron chi connectivity index (χ2n) is 11.4.